The molecule has 1 N–H and O–H groups in total. The number of unbranched alkanes of at least 4 members (excludes halogenated alkanes) is 1. The summed E-state index contributed by atoms with van der Waals surface area (Å²) in [5.74, 6) is 0.252. The van der Waals surface area contributed by atoms with E-state index in [2.05, 4.69) is 12.2 Å². The van der Waals surface area contributed by atoms with Gasteiger partial charge in [0.25, 0.3) is 0 Å². The van der Waals surface area contributed by atoms with Crippen LogP contribution in [0.25, 0.3) is 0 Å². The van der Waals surface area contributed by atoms with Crippen LogP contribution < -0.4 is 10.2 Å². The molecule has 21 heavy (non-hydrogen) atoms. The maximum atomic E-state index is 12.0. The zero-order valence-corrected chi connectivity index (χ0v) is 12.9. The van der Waals surface area contributed by atoms with Crippen molar-refractivity contribution in [2.24, 2.45) is 0 Å². The van der Waals surface area contributed by atoms with E-state index >= 15 is 0 Å². The van der Waals surface area contributed by atoms with Crippen molar-refractivity contribution in [1.29, 1.82) is 0 Å². The Kier molecular flexibility index (Phi) is 5.37. The largest absolute Gasteiger partial charge is 0.326 e. The summed E-state index contributed by atoms with van der Waals surface area (Å²) in [4.78, 5) is 25.6. The first-order valence-corrected chi connectivity index (χ1v) is 7.82. The van der Waals surface area contributed by atoms with Gasteiger partial charge in [-0.1, -0.05) is 13.3 Å². The van der Waals surface area contributed by atoms with Crippen molar-refractivity contribution in [2.45, 2.75) is 52.4 Å². The fourth-order valence-electron chi connectivity index (χ4n) is 2.66. The molecule has 1 aliphatic heterocycles. The van der Waals surface area contributed by atoms with E-state index in [1.54, 1.807) is 0 Å². The fraction of sp³-hybridized carbons (Fsp3) is 0.529. The van der Waals surface area contributed by atoms with Crippen LogP contribution >= 0.6 is 0 Å². The molecule has 4 heteroatoms. The van der Waals surface area contributed by atoms with E-state index in [0.717, 1.165) is 49.2 Å². The van der Waals surface area contributed by atoms with Gasteiger partial charge in [-0.2, -0.15) is 0 Å². The number of piperidine rings is 1. The third-order valence-electron chi connectivity index (χ3n) is 3.85. The molecule has 1 saturated heterocycles. The number of anilines is 2. The van der Waals surface area contributed by atoms with Crippen LogP contribution in [-0.4, -0.2) is 18.4 Å². The van der Waals surface area contributed by atoms with Gasteiger partial charge in [-0.15, -0.1) is 0 Å². The average molecular weight is 288 g/mol. The zero-order chi connectivity index (χ0) is 15.2. The van der Waals surface area contributed by atoms with Crippen LogP contribution in [0.2, 0.25) is 0 Å². The summed E-state index contributed by atoms with van der Waals surface area (Å²) in [5.41, 5.74) is 2.80. The average Bonchev–Trinajstić information content (AvgIpc) is 2.46. The lowest BCUT2D eigenvalue weighted by molar-refractivity contribution is -0.119. The highest BCUT2D eigenvalue weighted by molar-refractivity contribution is 5.96. The first-order chi connectivity index (χ1) is 10.1. The van der Waals surface area contributed by atoms with Crippen LogP contribution in [-0.2, 0) is 9.59 Å². The first-order valence-electron chi connectivity index (χ1n) is 7.82. The monoisotopic (exact) mass is 288 g/mol. The van der Waals surface area contributed by atoms with Crippen LogP contribution in [0.1, 0.15) is 51.0 Å². The van der Waals surface area contributed by atoms with Crippen molar-refractivity contribution in [2.75, 3.05) is 16.8 Å². The Balaban J connectivity index is 2.06. The molecule has 114 valence electrons. The van der Waals surface area contributed by atoms with E-state index in [4.69, 9.17) is 0 Å². The molecular weight excluding hydrogens is 264 g/mol. The van der Waals surface area contributed by atoms with E-state index in [9.17, 15) is 9.59 Å². The highest BCUT2D eigenvalue weighted by atomic mass is 16.2. The number of nitrogens with one attached hydrogen (secondary N) is 1. The molecule has 1 aromatic rings. The number of rotatable bonds is 5. The minimum atomic E-state index is 0.0537. The van der Waals surface area contributed by atoms with Gasteiger partial charge in [0.1, 0.15) is 0 Å². The Labute approximate surface area is 126 Å². The van der Waals surface area contributed by atoms with E-state index in [1.165, 1.54) is 0 Å². The van der Waals surface area contributed by atoms with Crippen LogP contribution in [0.4, 0.5) is 11.4 Å². The molecule has 0 aliphatic carbocycles. The predicted octanol–water partition coefficient (Wildman–Crippen LogP) is 3.64. The second-order valence-corrected chi connectivity index (χ2v) is 5.66. The Morgan fingerprint density at radius 2 is 2.14 bits per heavy atom. The van der Waals surface area contributed by atoms with Crippen molar-refractivity contribution < 1.29 is 9.59 Å². The van der Waals surface area contributed by atoms with Gasteiger partial charge in [0.2, 0.25) is 11.8 Å². The molecule has 1 aliphatic rings. The summed E-state index contributed by atoms with van der Waals surface area (Å²) in [7, 11) is 0. The number of nitrogens with zero attached hydrogens (tertiary/aromatic N) is 1. The molecule has 0 radical (unpaired) electrons. The number of amides is 2. The van der Waals surface area contributed by atoms with E-state index in [1.807, 2.05) is 30.0 Å². The molecular formula is C17H24N2O2. The number of carbonyl (C=O) groups excluding carboxylic acids is 2. The maximum absolute atomic E-state index is 12.0. The summed E-state index contributed by atoms with van der Waals surface area (Å²) in [6.07, 6.45) is 5.16. The number of carbonyl (C=O) groups is 2. The van der Waals surface area contributed by atoms with Crippen molar-refractivity contribution in [3.63, 3.8) is 0 Å². The Bertz CT molecular complexity index is 526. The summed E-state index contributed by atoms with van der Waals surface area (Å²) < 4.78 is 0. The lowest BCUT2D eigenvalue weighted by Gasteiger charge is -2.28. The second kappa shape index (κ2) is 7.25. The molecule has 2 rings (SSSR count). The van der Waals surface area contributed by atoms with Crippen LogP contribution in [0.3, 0.4) is 0 Å². The van der Waals surface area contributed by atoms with Crippen LogP contribution in [0.5, 0.6) is 0 Å². The molecule has 0 atom stereocenters. The summed E-state index contributed by atoms with van der Waals surface area (Å²) >= 11 is 0. The first kappa shape index (κ1) is 15.5. The van der Waals surface area contributed by atoms with Gasteiger partial charge in [0.05, 0.1) is 0 Å². The predicted molar refractivity (Wildman–Crippen MR) is 85.5 cm³/mol. The Hall–Kier alpha value is -1.84. The highest BCUT2D eigenvalue weighted by Crippen LogP contribution is 2.27. The van der Waals surface area contributed by atoms with Crippen LogP contribution in [0, 0.1) is 6.92 Å². The molecule has 1 aromatic carbocycles. The Morgan fingerprint density at radius 3 is 2.81 bits per heavy atom. The number of benzene rings is 1. The summed E-state index contributed by atoms with van der Waals surface area (Å²) in [6, 6.07) is 5.77. The molecule has 0 unspecified atom stereocenters. The van der Waals surface area contributed by atoms with Crippen molar-refractivity contribution in [1.82, 2.24) is 0 Å². The smallest absolute Gasteiger partial charge is 0.226 e. The Morgan fingerprint density at radius 1 is 1.33 bits per heavy atom. The second-order valence-electron chi connectivity index (χ2n) is 5.66. The molecule has 1 heterocycles. The number of aryl methyl sites for hydroxylation is 1. The van der Waals surface area contributed by atoms with Gasteiger partial charge in [0, 0.05) is 30.8 Å². The van der Waals surface area contributed by atoms with Gasteiger partial charge in [-0.25, -0.2) is 0 Å². The minimum Gasteiger partial charge on any atom is -0.326 e. The molecule has 0 aromatic heterocycles. The molecule has 0 bridgehead atoms. The lowest BCUT2D eigenvalue weighted by Crippen LogP contribution is -2.35. The molecule has 2 amide bonds. The number of hydrogen-bond donors (Lipinski definition) is 1. The van der Waals surface area contributed by atoms with Crippen molar-refractivity contribution >= 4 is 23.2 Å². The van der Waals surface area contributed by atoms with Gasteiger partial charge in [0.15, 0.2) is 0 Å². The van der Waals surface area contributed by atoms with E-state index in [-0.39, 0.29) is 11.8 Å². The van der Waals surface area contributed by atoms with Crippen molar-refractivity contribution in [3.05, 3.63) is 23.8 Å². The molecule has 0 saturated carbocycles. The van der Waals surface area contributed by atoms with Gasteiger partial charge in [-0.05, 0) is 49.9 Å². The maximum Gasteiger partial charge on any atom is 0.226 e. The topological polar surface area (TPSA) is 49.4 Å². The van der Waals surface area contributed by atoms with E-state index in [0.29, 0.717) is 12.8 Å². The highest BCUT2D eigenvalue weighted by Gasteiger charge is 2.21. The zero-order valence-electron chi connectivity index (χ0n) is 12.9. The molecule has 0 spiro atoms. The number of hydrogen-bond acceptors (Lipinski definition) is 2. The fourth-order valence-corrected chi connectivity index (χ4v) is 2.66. The van der Waals surface area contributed by atoms with Crippen LogP contribution in [0.15, 0.2) is 18.2 Å². The third-order valence-corrected chi connectivity index (χ3v) is 3.85. The quantitative estimate of drug-likeness (QED) is 0.899. The van der Waals surface area contributed by atoms with Gasteiger partial charge < -0.3 is 10.2 Å². The standard InChI is InChI=1S/C17H24N2O2/c1-3-4-7-16(20)18-14-9-10-15(13(2)12-14)19-11-6-5-8-17(19)21/h9-10,12H,3-8,11H2,1-2H3,(H,18,20). The molecule has 1 fully saturated rings. The third kappa shape index (κ3) is 4.06. The van der Waals surface area contributed by atoms with Crippen molar-refractivity contribution in [3.8, 4) is 0 Å². The molecule has 4 nitrogen and oxygen atoms in total. The summed E-state index contributed by atoms with van der Waals surface area (Å²) in [5, 5.41) is 2.92. The minimum absolute atomic E-state index is 0.0537. The lowest BCUT2D eigenvalue weighted by atomic mass is 10.1. The van der Waals surface area contributed by atoms with Gasteiger partial charge in [-0.3, -0.25) is 9.59 Å². The van der Waals surface area contributed by atoms with E-state index < -0.39 is 0 Å². The summed E-state index contributed by atoms with van der Waals surface area (Å²) in [6.45, 7) is 4.85. The normalized spacial score (nSPS) is 15.1. The van der Waals surface area contributed by atoms with Gasteiger partial charge >= 0.3 is 0 Å². The SMILES string of the molecule is CCCCC(=O)Nc1ccc(N2CCCCC2=O)c(C)c1.